The van der Waals surface area contributed by atoms with Crippen LogP contribution in [0.1, 0.15) is 25.7 Å². The fourth-order valence-electron chi connectivity index (χ4n) is 3.17. The van der Waals surface area contributed by atoms with Crippen molar-refractivity contribution in [1.82, 2.24) is 14.5 Å². The molecule has 2 N–H and O–H groups in total. The van der Waals surface area contributed by atoms with Crippen LogP contribution < -0.4 is 11.3 Å². The highest BCUT2D eigenvalue weighted by molar-refractivity contribution is 5.87. The highest BCUT2D eigenvalue weighted by Crippen LogP contribution is 2.18. The standard InChI is InChI=1S/C17H20N4O3/c18-16(23)14-7-3-10-21(14)15(22)8-4-9-20-11-19-13-6-2-1-5-12(13)17(20)24/h1-2,5-6,11,14H,3-4,7-10H2,(H2,18,23)/t14-/m0/s1. The van der Waals surface area contributed by atoms with E-state index in [-0.39, 0.29) is 17.9 Å². The third-order valence-electron chi connectivity index (χ3n) is 4.42. The molecule has 0 radical (unpaired) electrons. The second-order valence-corrected chi connectivity index (χ2v) is 6.01. The lowest BCUT2D eigenvalue weighted by Crippen LogP contribution is -2.43. The maximum absolute atomic E-state index is 12.4. The van der Waals surface area contributed by atoms with Gasteiger partial charge in [0.25, 0.3) is 5.56 Å². The first kappa shape index (κ1) is 16.2. The molecular weight excluding hydrogens is 308 g/mol. The zero-order valence-electron chi connectivity index (χ0n) is 13.4. The van der Waals surface area contributed by atoms with Crippen molar-refractivity contribution in [2.75, 3.05) is 6.54 Å². The van der Waals surface area contributed by atoms with Crippen LogP contribution in [0.5, 0.6) is 0 Å². The summed E-state index contributed by atoms with van der Waals surface area (Å²) in [5.41, 5.74) is 5.89. The molecule has 0 aliphatic carbocycles. The predicted molar refractivity (Wildman–Crippen MR) is 89.2 cm³/mol. The number of hydrogen-bond acceptors (Lipinski definition) is 4. The summed E-state index contributed by atoms with van der Waals surface area (Å²) in [6, 6.07) is 6.69. The molecule has 1 aliphatic rings. The summed E-state index contributed by atoms with van der Waals surface area (Å²) < 4.78 is 1.52. The molecule has 1 aliphatic heterocycles. The van der Waals surface area contributed by atoms with Gasteiger partial charge in [-0.1, -0.05) is 12.1 Å². The lowest BCUT2D eigenvalue weighted by atomic mass is 10.2. The fourth-order valence-corrected chi connectivity index (χ4v) is 3.17. The minimum Gasteiger partial charge on any atom is -0.368 e. The van der Waals surface area contributed by atoms with Gasteiger partial charge in [-0.15, -0.1) is 0 Å². The Morgan fingerprint density at radius 3 is 2.88 bits per heavy atom. The van der Waals surface area contributed by atoms with Crippen LogP contribution in [0.15, 0.2) is 35.4 Å². The van der Waals surface area contributed by atoms with Gasteiger partial charge in [0.1, 0.15) is 6.04 Å². The number of aromatic nitrogens is 2. The summed E-state index contributed by atoms with van der Waals surface area (Å²) in [4.78, 5) is 41.8. The molecule has 7 heteroatoms. The number of para-hydroxylation sites is 1. The summed E-state index contributed by atoms with van der Waals surface area (Å²) in [5, 5.41) is 0.569. The quantitative estimate of drug-likeness (QED) is 0.871. The Balaban J connectivity index is 1.62. The summed E-state index contributed by atoms with van der Waals surface area (Å²) in [5.74, 6) is -0.533. The number of carbonyl (C=O) groups excluding carboxylic acids is 2. The van der Waals surface area contributed by atoms with E-state index in [0.717, 1.165) is 6.42 Å². The zero-order chi connectivity index (χ0) is 17.1. The molecule has 3 rings (SSSR count). The smallest absolute Gasteiger partial charge is 0.261 e. The Labute approximate surface area is 139 Å². The van der Waals surface area contributed by atoms with Crippen LogP contribution >= 0.6 is 0 Å². The van der Waals surface area contributed by atoms with Gasteiger partial charge < -0.3 is 10.6 Å². The van der Waals surface area contributed by atoms with Crippen molar-refractivity contribution >= 4 is 22.7 Å². The first-order chi connectivity index (χ1) is 11.6. The highest BCUT2D eigenvalue weighted by Gasteiger charge is 2.31. The first-order valence-electron chi connectivity index (χ1n) is 8.11. The average Bonchev–Trinajstić information content (AvgIpc) is 3.07. The lowest BCUT2D eigenvalue weighted by molar-refractivity contribution is -0.137. The molecule has 1 atom stereocenters. The molecule has 0 bridgehead atoms. The Kier molecular flexibility index (Phi) is 4.59. The zero-order valence-corrected chi connectivity index (χ0v) is 13.4. The Bertz CT molecular complexity index is 830. The van der Waals surface area contributed by atoms with Gasteiger partial charge in [-0.2, -0.15) is 0 Å². The molecule has 2 heterocycles. The van der Waals surface area contributed by atoms with Crippen LogP contribution in [0.4, 0.5) is 0 Å². The lowest BCUT2D eigenvalue weighted by Gasteiger charge is -2.22. The number of primary amides is 1. The van der Waals surface area contributed by atoms with Gasteiger partial charge >= 0.3 is 0 Å². The van der Waals surface area contributed by atoms with E-state index >= 15 is 0 Å². The molecule has 1 aromatic heterocycles. The molecule has 2 aromatic rings. The monoisotopic (exact) mass is 328 g/mol. The fraction of sp³-hybridized carbons (Fsp3) is 0.412. The topological polar surface area (TPSA) is 98.3 Å². The summed E-state index contributed by atoms with van der Waals surface area (Å²) in [7, 11) is 0. The van der Waals surface area contributed by atoms with E-state index in [1.165, 1.54) is 10.9 Å². The molecule has 7 nitrogen and oxygen atoms in total. The summed E-state index contributed by atoms with van der Waals surface area (Å²) >= 11 is 0. The number of fused-ring (bicyclic) bond motifs is 1. The number of rotatable bonds is 5. The number of carbonyl (C=O) groups is 2. The molecule has 126 valence electrons. The van der Waals surface area contributed by atoms with Crippen molar-refractivity contribution in [2.24, 2.45) is 5.73 Å². The number of amides is 2. The maximum Gasteiger partial charge on any atom is 0.261 e. The van der Waals surface area contributed by atoms with Crippen molar-refractivity contribution in [3.05, 3.63) is 40.9 Å². The first-order valence-corrected chi connectivity index (χ1v) is 8.11. The van der Waals surface area contributed by atoms with Crippen LogP contribution in [-0.2, 0) is 16.1 Å². The number of nitrogens with zero attached hydrogens (tertiary/aromatic N) is 3. The average molecular weight is 328 g/mol. The number of likely N-dealkylation sites (tertiary alicyclic amines) is 1. The normalized spacial score (nSPS) is 17.3. The van der Waals surface area contributed by atoms with Gasteiger partial charge in [0.2, 0.25) is 11.8 Å². The van der Waals surface area contributed by atoms with E-state index in [9.17, 15) is 14.4 Å². The Morgan fingerprint density at radius 1 is 1.29 bits per heavy atom. The Hall–Kier alpha value is -2.70. The van der Waals surface area contributed by atoms with Crippen LogP contribution in [0.3, 0.4) is 0 Å². The third kappa shape index (κ3) is 3.15. The molecule has 1 saturated heterocycles. The van der Waals surface area contributed by atoms with Crippen molar-refractivity contribution in [3.8, 4) is 0 Å². The maximum atomic E-state index is 12.4. The van der Waals surface area contributed by atoms with E-state index in [1.54, 1.807) is 23.1 Å². The van der Waals surface area contributed by atoms with Gasteiger partial charge in [0.05, 0.1) is 17.2 Å². The van der Waals surface area contributed by atoms with E-state index in [1.807, 2.05) is 6.07 Å². The van der Waals surface area contributed by atoms with Crippen LogP contribution in [0, 0.1) is 0 Å². The van der Waals surface area contributed by atoms with E-state index in [4.69, 9.17) is 5.73 Å². The van der Waals surface area contributed by atoms with Gasteiger partial charge in [-0.3, -0.25) is 19.0 Å². The van der Waals surface area contributed by atoms with E-state index in [2.05, 4.69) is 4.98 Å². The summed E-state index contributed by atoms with van der Waals surface area (Å²) in [6.07, 6.45) is 3.74. The van der Waals surface area contributed by atoms with Crippen LogP contribution in [0.25, 0.3) is 10.9 Å². The van der Waals surface area contributed by atoms with Crippen molar-refractivity contribution in [2.45, 2.75) is 38.3 Å². The van der Waals surface area contributed by atoms with Crippen molar-refractivity contribution in [3.63, 3.8) is 0 Å². The molecule has 24 heavy (non-hydrogen) atoms. The SMILES string of the molecule is NC(=O)[C@@H]1CCCN1C(=O)CCCn1cnc2ccccc2c1=O. The van der Waals surface area contributed by atoms with Gasteiger partial charge in [-0.25, -0.2) is 4.98 Å². The summed E-state index contributed by atoms with van der Waals surface area (Å²) in [6.45, 7) is 0.988. The minimum atomic E-state index is -0.484. The number of hydrogen-bond donors (Lipinski definition) is 1. The van der Waals surface area contributed by atoms with Gasteiger partial charge in [-0.05, 0) is 31.4 Å². The second-order valence-electron chi connectivity index (χ2n) is 6.01. The second kappa shape index (κ2) is 6.82. The molecule has 1 aromatic carbocycles. The number of nitrogens with two attached hydrogens (primary N) is 1. The molecule has 0 unspecified atom stereocenters. The van der Waals surface area contributed by atoms with E-state index < -0.39 is 11.9 Å². The third-order valence-corrected chi connectivity index (χ3v) is 4.42. The molecule has 0 saturated carbocycles. The van der Waals surface area contributed by atoms with Crippen LogP contribution in [-0.4, -0.2) is 38.9 Å². The van der Waals surface area contributed by atoms with E-state index in [0.29, 0.717) is 36.8 Å². The number of benzene rings is 1. The van der Waals surface area contributed by atoms with Gasteiger partial charge in [0.15, 0.2) is 0 Å². The van der Waals surface area contributed by atoms with Crippen LogP contribution in [0.2, 0.25) is 0 Å². The number of aryl methyl sites for hydroxylation is 1. The molecular formula is C17H20N4O3. The van der Waals surface area contributed by atoms with Crippen molar-refractivity contribution in [1.29, 1.82) is 0 Å². The minimum absolute atomic E-state index is 0.0851. The molecule has 1 fully saturated rings. The largest absolute Gasteiger partial charge is 0.368 e. The molecule has 0 spiro atoms. The predicted octanol–water partition coefficient (Wildman–Crippen LogP) is 0.653. The van der Waals surface area contributed by atoms with Gasteiger partial charge in [0, 0.05) is 19.5 Å². The van der Waals surface area contributed by atoms with Crippen molar-refractivity contribution < 1.29 is 9.59 Å². The molecule has 2 amide bonds. The highest BCUT2D eigenvalue weighted by atomic mass is 16.2. The Morgan fingerprint density at radius 2 is 2.08 bits per heavy atom.